The molecule has 0 aliphatic carbocycles. The van der Waals surface area contributed by atoms with Crippen molar-refractivity contribution in [3.63, 3.8) is 0 Å². The number of hydrogen-bond acceptors (Lipinski definition) is 6. The number of nitrogens with zero attached hydrogens (tertiary/aromatic N) is 4. The molecule has 0 saturated carbocycles. The van der Waals surface area contributed by atoms with E-state index in [4.69, 9.17) is 5.73 Å². The van der Waals surface area contributed by atoms with E-state index in [1.165, 1.54) is 24.8 Å². The minimum atomic E-state index is 0.307. The number of rotatable bonds is 4. The molecule has 1 saturated heterocycles. The van der Waals surface area contributed by atoms with Crippen molar-refractivity contribution >= 4 is 23.7 Å². The molecule has 0 spiro atoms. The lowest BCUT2D eigenvalue weighted by Gasteiger charge is -2.26. The van der Waals surface area contributed by atoms with E-state index in [0.717, 1.165) is 24.8 Å². The van der Waals surface area contributed by atoms with Gasteiger partial charge in [-0.1, -0.05) is 42.1 Å². The average Bonchev–Trinajstić information content (AvgIpc) is 2.54. The summed E-state index contributed by atoms with van der Waals surface area (Å²) in [5.74, 6) is 1.86. The van der Waals surface area contributed by atoms with Crippen LogP contribution in [0.1, 0.15) is 24.8 Å². The number of benzene rings is 1. The molecule has 2 N–H and O–H groups in total. The molecule has 0 bridgehead atoms. The van der Waals surface area contributed by atoms with E-state index in [1.807, 2.05) is 18.2 Å². The van der Waals surface area contributed by atoms with E-state index >= 15 is 0 Å². The van der Waals surface area contributed by atoms with Crippen LogP contribution in [0.2, 0.25) is 0 Å². The molecule has 6 heteroatoms. The van der Waals surface area contributed by atoms with Crippen molar-refractivity contribution in [2.24, 2.45) is 0 Å². The van der Waals surface area contributed by atoms with Crippen LogP contribution < -0.4 is 10.6 Å². The summed E-state index contributed by atoms with van der Waals surface area (Å²) in [6.07, 6.45) is 3.67. The summed E-state index contributed by atoms with van der Waals surface area (Å²) in [6.45, 7) is 2.01. The number of nitrogen functional groups attached to an aromatic ring is 1. The van der Waals surface area contributed by atoms with Crippen molar-refractivity contribution in [2.75, 3.05) is 23.7 Å². The smallest absolute Gasteiger partial charge is 0.231 e. The molecule has 1 aliphatic heterocycles. The van der Waals surface area contributed by atoms with Crippen LogP contribution in [0.4, 0.5) is 11.9 Å². The van der Waals surface area contributed by atoms with E-state index in [-0.39, 0.29) is 0 Å². The van der Waals surface area contributed by atoms with E-state index in [2.05, 4.69) is 32.0 Å². The van der Waals surface area contributed by atoms with Crippen LogP contribution in [0.15, 0.2) is 35.5 Å². The van der Waals surface area contributed by atoms with Crippen LogP contribution >= 0.6 is 11.8 Å². The predicted molar refractivity (Wildman–Crippen MR) is 86.3 cm³/mol. The van der Waals surface area contributed by atoms with Crippen LogP contribution in [0.3, 0.4) is 0 Å². The third kappa shape index (κ3) is 3.85. The fourth-order valence-electron chi connectivity index (χ4n) is 2.38. The van der Waals surface area contributed by atoms with Crippen molar-refractivity contribution in [1.29, 1.82) is 0 Å². The molecule has 0 unspecified atom stereocenters. The molecule has 0 atom stereocenters. The Balaban J connectivity index is 1.71. The first-order chi connectivity index (χ1) is 10.3. The maximum absolute atomic E-state index is 5.83. The second-order valence-corrected chi connectivity index (χ2v) is 6.04. The number of piperidine rings is 1. The third-order valence-electron chi connectivity index (χ3n) is 3.47. The zero-order chi connectivity index (χ0) is 14.5. The van der Waals surface area contributed by atoms with Gasteiger partial charge in [0.2, 0.25) is 11.9 Å². The van der Waals surface area contributed by atoms with E-state index < -0.39 is 0 Å². The largest absolute Gasteiger partial charge is 0.368 e. The highest BCUT2D eigenvalue weighted by Crippen LogP contribution is 2.23. The Morgan fingerprint density at radius 2 is 1.76 bits per heavy atom. The van der Waals surface area contributed by atoms with Crippen molar-refractivity contribution in [2.45, 2.75) is 30.2 Å². The van der Waals surface area contributed by atoms with E-state index in [0.29, 0.717) is 11.1 Å². The fraction of sp³-hybridized carbons (Fsp3) is 0.400. The van der Waals surface area contributed by atoms with Crippen molar-refractivity contribution in [3.05, 3.63) is 35.9 Å². The molecule has 110 valence electrons. The quantitative estimate of drug-likeness (QED) is 0.876. The summed E-state index contributed by atoms with van der Waals surface area (Å²) in [5.41, 5.74) is 7.08. The Morgan fingerprint density at radius 1 is 1.00 bits per heavy atom. The molecule has 0 amide bonds. The number of nitrogens with two attached hydrogens (primary N) is 1. The molecule has 1 aromatic heterocycles. The third-order valence-corrected chi connectivity index (χ3v) is 4.39. The van der Waals surface area contributed by atoms with Crippen LogP contribution in [0.5, 0.6) is 0 Å². The summed E-state index contributed by atoms with van der Waals surface area (Å²) in [4.78, 5) is 15.3. The van der Waals surface area contributed by atoms with E-state index in [1.54, 1.807) is 11.8 Å². The Bertz CT molecular complexity index is 584. The van der Waals surface area contributed by atoms with Gasteiger partial charge in [-0.25, -0.2) is 0 Å². The van der Waals surface area contributed by atoms with E-state index in [9.17, 15) is 0 Å². The SMILES string of the molecule is Nc1nc(SCc2ccccc2)nc(N2CCCCC2)n1. The molecule has 21 heavy (non-hydrogen) atoms. The van der Waals surface area contributed by atoms with Crippen molar-refractivity contribution < 1.29 is 0 Å². The maximum atomic E-state index is 5.83. The molecule has 2 aromatic rings. The molecule has 5 nitrogen and oxygen atoms in total. The summed E-state index contributed by atoms with van der Waals surface area (Å²) in [7, 11) is 0. The van der Waals surface area contributed by atoms with Crippen LogP contribution in [0, 0.1) is 0 Å². The Labute approximate surface area is 129 Å². The lowest BCUT2D eigenvalue weighted by Crippen LogP contribution is -2.31. The van der Waals surface area contributed by atoms with Gasteiger partial charge in [0, 0.05) is 18.8 Å². The summed E-state index contributed by atoms with van der Waals surface area (Å²) in [6, 6.07) is 10.3. The second kappa shape index (κ2) is 6.76. The van der Waals surface area contributed by atoms with Gasteiger partial charge in [0.1, 0.15) is 0 Å². The van der Waals surface area contributed by atoms with Crippen LogP contribution in [-0.2, 0) is 5.75 Å². The molecule has 2 heterocycles. The lowest BCUT2D eigenvalue weighted by molar-refractivity contribution is 0.565. The van der Waals surface area contributed by atoms with Gasteiger partial charge in [-0.2, -0.15) is 15.0 Å². The second-order valence-electron chi connectivity index (χ2n) is 5.10. The molecular weight excluding hydrogens is 282 g/mol. The first-order valence-corrected chi connectivity index (χ1v) is 8.23. The monoisotopic (exact) mass is 301 g/mol. The highest BCUT2D eigenvalue weighted by molar-refractivity contribution is 7.98. The van der Waals surface area contributed by atoms with Crippen LogP contribution in [-0.4, -0.2) is 28.0 Å². The Hall–Kier alpha value is -1.82. The summed E-state index contributed by atoms with van der Waals surface area (Å²) in [5, 5.41) is 0.701. The number of anilines is 2. The van der Waals surface area contributed by atoms with Gasteiger partial charge in [-0.15, -0.1) is 0 Å². The predicted octanol–water partition coefficient (Wildman–Crippen LogP) is 2.74. The van der Waals surface area contributed by atoms with Gasteiger partial charge in [-0.3, -0.25) is 0 Å². The van der Waals surface area contributed by atoms with Gasteiger partial charge in [0.05, 0.1) is 0 Å². The number of thioether (sulfide) groups is 1. The van der Waals surface area contributed by atoms with Gasteiger partial charge in [0.25, 0.3) is 0 Å². The minimum Gasteiger partial charge on any atom is -0.368 e. The topological polar surface area (TPSA) is 67.9 Å². The van der Waals surface area contributed by atoms with Crippen LogP contribution in [0.25, 0.3) is 0 Å². The molecule has 1 fully saturated rings. The average molecular weight is 301 g/mol. The van der Waals surface area contributed by atoms with Crippen molar-refractivity contribution in [3.8, 4) is 0 Å². The first kappa shape index (κ1) is 14.1. The van der Waals surface area contributed by atoms with Gasteiger partial charge in [-0.05, 0) is 24.8 Å². The molecule has 0 radical (unpaired) electrons. The standard InChI is InChI=1S/C15H19N5S/c16-13-17-14(20-9-5-2-6-10-20)19-15(18-13)21-11-12-7-3-1-4-8-12/h1,3-4,7-8H,2,5-6,9-11H2,(H2,16,17,18,19). The number of aromatic nitrogens is 3. The molecule has 1 aromatic carbocycles. The van der Waals surface area contributed by atoms with Crippen molar-refractivity contribution in [1.82, 2.24) is 15.0 Å². The molecule has 3 rings (SSSR count). The first-order valence-electron chi connectivity index (χ1n) is 7.24. The Morgan fingerprint density at radius 3 is 2.52 bits per heavy atom. The fourth-order valence-corrected chi connectivity index (χ4v) is 3.18. The normalized spacial score (nSPS) is 15.1. The summed E-state index contributed by atoms with van der Waals surface area (Å²) < 4.78 is 0. The molecule has 1 aliphatic rings. The Kier molecular flexibility index (Phi) is 4.55. The minimum absolute atomic E-state index is 0.307. The van der Waals surface area contributed by atoms with Gasteiger partial charge < -0.3 is 10.6 Å². The zero-order valence-electron chi connectivity index (χ0n) is 11.9. The van der Waals surface area contributed by atoms with Gasteiger partial charge >= 0.3 is 0 Å². The summed E-state index contributed by atoms with van der Waals surface area (Å²) >= 11 is 1.60. The zero-order valence-corrected chi connectivity index (χ0v) is 12.7. The highest BCUT2D eigenvalue weighted by atomic mass is 32.2. The van der Waals surface area contributed by atoms with Gasteiger partial charge in [0.15, 0.2) is 5.16 Å². The lowest BCUT2D eigenvalue weighted by atomic mass is 10.1. The maximum Gasteiger partial charge on any atom is 0.231 e. The number of hydrogen-bond donors (Lipinski definition) is 1. The highest BCUT2D eigenvalue weighted by Gasteiger charge is 2.15. The molecular formula is C15H19N5S.